The lowest BCUT2D eigenvalue weighted by atomic mass is 10.1. The molecule has 4 nitrogen and oxygen atoms in total. The summed E-state index contributed by atoms with van der Waals surface area (Å²) in [6.07, 6.45) is 0. The molecule has 2 amide bonds. The molecule has 0 aromatic heterocycles. The van der Waals surface area contributed by atoms with Gasteiger partial charge in [0.15, 0.2) is 17.5 Å². The largest absolute Gasteiger partial charge is 0.326 e. The predicted octanol–water partition coefficient (Wildman–Crippen LogP) is 6.81. The van der Waals surface area contributed by atoms with Gasteiger partial charge in [-0.15, -0.1) is 23.2 Å². The molecule has 0 saturated heterocycles. The van der Waals surface area contributed by atoms with Gasteiger partial charge in [0.1, 0.15) is 16.0 Å². The van der Waals surface area contributed by atoms with Crippen LogP contribution in [0.4, 0.5) is 33.3 Å². The summed E-state index contributed by atoms with van der Waals surface area (Å²) >= 11 is 18.4. The third-order valence-electron chi connectivity index (χ3n) is 5.36. The van der Waals surface area contributed by atoms with Gasteiger partial charge < -0.3 is 10.6 Å². The zero-order chi connectivity index (χ0) is 25.7. The van der Waals surface area contributed by atoms with Gasteiger partial charge in [0.2, 0.25) is 5.91 Å². The molecule has 1 aliphatic carbocycles. The topological polar surface area (TPSA) is 58.2 Å². The molecule has 0 radical (unpaired) electrons. The van der Waals surface area contributed by atoms with Crippen LogP contribution >= 0.6 is 34.8 Å². The normalized spacial score (nSPS) is 18.2. The van der Waals surface area contributed by atoms with Crippen molar-refractivity contribution in [1.29, 1.82) is 0 Å². The number of hydrogen-bond acceptors (Lipinski definition) is 2. The summed E-state index contributed by atoms with van der Waals surface area (Å²) < 4.78 is 65.7. The second-order valence-electron chi connectivity index (χ2n) is 7.69. The highest BCUT2D eigenvalue weighted by Crippen LogP contribution is 2.65. The fraction of sp³-hybridized carbons (Fsp3) is 0.130. The van der Waals surface area contributed by atoms with Crippen molar-refractivity contribution in [3.8, 4) is 0 Å². The summed E-state index contributed by atoms with van der Waals surface area (Å²) in [5.74, 6) is -10.2. The van der Waals surface area contributed by atoms with Gasteiger partial charge in [-0.1, -0.05) is 11.6 Å². The second kappa shape index (κ2) is 9.29. The molecule has 0 heterocycles. The second-order valence-corrected chi connectivity index (χ2v) is 9.54. The average molecular weight is 550 g/mol. The van der Waals surface area contributed by atoms with E-state index in [9.17, 15) is 31.5 Å². The number of benzene rings is 3. The molecular formula is C23H12Cl3F5N2O2. The van der Waals surface area contributed by atoms with Gasteiger partial charge in [0.25, 0.3) is 5.91 Å². The fourth-order valence-electron chi connectivity index (χ4n) is 3.60. The maximum absolute atomic E-state index is 13.9. The number of hydrogen-bond donors (Lipinski definition) is 2. The Labute approximate surface area is 210 Å². The van der Waals surface area contributed by atoms with E-state index in [4.69, 9.17) is 34.8 Å². The van der Waals surface area contributed by atoms with Crippen LogP contribution in [0.1, 0.15) is 21.8 Å². The monoisotopic (exact) mass is 548 g/mol. The Hall–Kier alpha value is -2.88. The van der Waals surface area contributed by atoms with Crippen LogP contribution in [-0.4, -0.2) is 16.1 Å². The molecule has 3 aromatic rings. The zero-order valence-electron chi connectivity index (χ0n) is 17.1. The molecule has 12 heteroatoms. The highest BCUT2D eigenvalue weighted by Gasteiger charge is 2.67. The summed E-state index contributed by atoms with van der Waals surface area (Å²) in [6, 6.07) is 7.80. The molecule has 182 valence electrons. The highest BCUT2D eigenvalue weighted by molar-refractivity contribution is 6.53. The van der Waals surface area contributed by atoms with Crippen LogP contribution in [0.15, 0.2) is 48.5 Å². The summed E-state index contributed by atoms with van der Waals surface area (Å²) in [4.78, 5) is 25.4. The SMILES string of the molecule is O=C(Nc1ccc(F)cc1F)c1cc(NC(=O)[C@@H]2[C@@H](c3cc(F)c(F)c(F)c3)C2(Cl)Cl)ccc1Cl. The van der Waals surface area contributed by atoms with Crippen molar-refractivity contribution in [2.75, 3.05) is 10.6 Å². The van der Waals surface area contributed by atoms with Crippen LogP contribution in [0.25, 0.3) is 0 Å². The van der Waals surface area contributed by atoms with Crippen LogP contribution in [0.3, 0.4) is 0 Å². The number of carbonyl (C=O) groups is 2. The quantitative estimate of drug-likeness (QED) is 0.209. The van der Waals surface area contributed by atoms with Crippen molar-refractivity contribution < 1.29 is 31.5 Å². The van der Waals surface area contributed by atoms with E-state index in [2.05, 4.69) is 10.6 Å². The lowest BCUT2D eigenvalue weighted by Crippen LogP contribution is -2.18. The van der Waals surface area contributed by atoms with E-state index in [1.807, 2.05) is 0 Å². The molecular weight excluding hydrogens is 538 g/mol. The number of carbonyl (C=O) groups excluding carboxylic acids is 2. The number of alkyl halides is 2. The van der Waals surface area contributed by atoms with E-state index in [1.54, 1.807) is 0 Å². The lowest BCUT2D eigenvalue weighted by Gasteiger charge is -2.11. The maximum Gasteiger partial charge on any atom is 0.257 e. The lowest BCUT2D eigenvalue weighted by molar-refractivity contribution is -0.117. The molecule has 0 unspecified atom stereocenters. The van der Waals surface area contributed by atoms with E-state index >= 15 is 0 Å². The first-order valence-electron chi connectivity index (χ1n) is 9.79. The van der Waals surface area contributed by atoms with E-state index in [1.165, 1.54) is 18.2 Å². The van der Waals surface area contributed by atoms with Crippen molar-refractivity contribution in [3.63, 3.8) is 0 Å². The third-order valence-corrected chi connectivity index (χ3v) is 6.63. The summed E-state index contributed by atoms with van der Waals surface area (Å²) in [5.41, 5.74) is -0.471. The Kier molecular flexibility index (Phi) is 6.70. The number of amides is 2. The van der Waals surface area contributed by atoms with Crippen LogP contribution in [0.5, 0.6) is 0 Å². The van der Waals surface area contributed by atoms with Gasteiger partial charge in [-0.2, -0.15) is 0 Å². The first-order chi connectivity index (χ1) is 16.4. The van der Waals surface area contributed by atoms with E-state index in [0.29, 0.717) is 18.2 Å². The number of rotatable bonds is 5. The Morgan fingerprint density at radius 1 is 0.829 bits per heavy atom. The highest BCUT2D eigenvalue weighted by atomic mass is 35.5. The molecule has 0 bridgehead atoms. The zero-order valence-corrected chi connectivity index (χ0v) is 19.4. The Balaban J connectivity index is 1.52. The molecule has 1 aliphatic rings. The molecule has 1 saturated carbocycles. The summed E-state index contributed by atoms with van der Waals surface area (Å²) in [7, 11) is 0. The van der Waals surface area contributed by atoms with Crippen molar-refractivity contribution >= 4 is 58.0 Å². The minimum absolute atomic E-state index is 0.0337. The summed E-state index contributed by atoms with van der Waals surface area (Å²) in [5, 5.41) is 4.68. The average Bonchev–Trinajstić information content (AvgIpc) is 3.37. The molecule has 0 aliphatic heterocycles. The maximum atomic E-state index is 13.9. The number of anilines is 2. The van der Waals surface area contributed by atoms with Gasteiger partial charge in [-0.25, -0.2) is 22.0 Å². The third kappa shape index (κ3) is 4.94. The molecule has 2 N–H and O–H groups in total. The Morgan fingerprint density at radius 2 is 1.49 bits per heavy atom. The number of nitrogens with one attached hydrogen (secondary N) is 2. The fourth-order valence-corrected chi connectivity index (χ4v) is 4.63. The molecule has 3 aromatic carbocycles. The minimum Gasteiger partial charge on any atom is -0.326 e. The van der Waals surface area contributed by atoms with Crippen molar-refractivity contribution in [3.05, 3.63) is 93.8 Å². The Bertz CT molecular complexity index is 1350. The van der Waals surface area contributed by atoms with Crippen LogP contribution < -0.4 is 10.6 Å². The Morgan fingerprint density at radius 3 is 2.11 bits per heavy atom. The molecule has 4 rings (SSSR count). The molecule has 1 fully saturated rings. The van der Waals surface area contributed by atoms with E-state index < -0.39 is 57.1 Å². The molecule has 2 atom stereocenters. The first kappa shape index (κ1) is 25.2. The first-order valence-corrected chi connectivity index (χ1v) is 10.9. The summed E-state index contributed by atoms with van der Waals surface area (Å²) in [6.45, 7) is 0. The minimum atomic E-state index is -1.73. The standard InChI is InChI=1S/C23H12Cl3F5N2O2/c24-13-3-2-11(8-12(13)21(34)33-17-4-1-10(27)7-14(17)28)32-22(35)19-18(23(19,25)26)9-5-15(29)20(31)16(30)6-9/h1-8,18-19H,(H,32,35)(H,33,34)/t18-,19+/m1/s1. The van der Waals surface area contributed by atoms with Crippen LogP contribution in [0.2, 0.25) is 5.02 Å². The van der Waals surface area contributed by atoms with Gasteiger partial charge in [-0.3, -0.25) is 9.59 Å². The molecule has 0 spiro atoms. The van der Waals surface area contributed by atoms with Crippen molar-refractivity contribution in [2.24, 2.45) is 5.92 Å². The van der Waals surface area contributed by atoms with Crippen LogP contribution in [-0.2, 0) is 4.79 Å². The van der Waals surface area contributed by atoms with E-state index in [0.717, 1.165) is 12.1 Å². The smallest absolute Gasteiger partial charge is 0.257 e. The van der Waals surface area contributed by atoms with E-state index in [-0.39, 0.29) is 27.5 Å². The van der Waals surface area contributed by atoms with Crippen LogP contribution in [0, 0.1) is 35.0 Å². The van der Waals surface area contributed by atoms with Crippen molar-refractivity contribution in [2.45, 2.75) is 10.3 Å². The number of halogens is 8. The molecule has 35 heavy (non-hydrogen) atoms. The van der Waals surface area contributed by atoms with Crippen molar-refractivity contribution in [1.82, 2.24) is 0 Å². The van der Waals surface area contributed by atoms with Gasteiger partial charge in [0.05, 0.1) is 22.2 Å². The van der Waals surface area contributed by atoms with Gasteiger partial charge in [-0.05, 0) is 48.0 Å². The predicted molar refractivity (Wildman–Crippen MR) is 121 cm³/mol. The van der Waals surface area contributed by atoms with Gasteiger partial charge >= 0.3 is 0 Å². The van der Waals surface area contributed by atoms with Gasteiger partial charge in [0, 0.05) is 17.7 Å².